The summed E-state index contributed by atoms with van der Waals surface area (Å²) < 4.78 is 36.2. The highest BCUT2D eigenvalue weighted by molar-refractivity contribution is 7.89. The number of amides is 1. The van der Waals surface area contributed by atoms with Crippen molar-refractivity contribution in [1.29, 1.82) is 0 Å². The van der Waals surface area contributed by atoms with Gasteiger partial charge in [-0.1, -0.05) is 29.3 Å². The molecule has 0 aliphatic carbocycles. The number of imidazole rings is 1. The number of rotatable bonds is 8. The van der Waals surface area contributed by atoms with Crippen LogP contribution in [0, 0.1) is 6.92 Å². The first-order valence-corrected chi connectivity index (χ1v) is 11.9. The highest BCUT2D eigenvalue weighted by atomic mass is 35.5. The minimum Gasteiger partial charge on any atom is -0.426 e. The van der Waals surface area contributed by atoms with Crippen molar-refractivity contribution < 1.29 is 17.9 Å². The topological polar surface area (TPSA) is 102 Å². The van der Waals surface area contributed by atoms with E-state index < -0.39 is 16.1 Å². The lowest BCUT2D eigenvalue weighted by atomic mass is 10.2. The Morgan fingerprint density at radius 1 is 1.22 bits per heavy atom. The molecule has 0 spiro atoms. The molecule has 0 bridgehead atoms. The number of hydrogen-bond donors (Lipinski definition) is 2. The quantitative estimate of drug-likeness (QED) is 0.492. The van der Waals surface area contributed by atoms with E-state index in [1.54, 1.807) is 17.7 Å². The molecule has 2 N–H and O–H groups in total. The molecule has 32 heavy (non-hydrogen) atoms. The lowest BCUT2D eigenvalue weighted by Gasteiger charge is -2.17. The number of anilines is 1. The second kappa shape index (κ2) is 9.72. The van der Waals surface area contributed by atoms with Crippen LogP contribution in [0.25, 0.3) is 0 Å². The molecule has 0 fully saturated rings. The highest BCUT2D eigenvalue weighted by Crippen LogP contribution is 2.28. The Morgan fingerprint density at radius 3 is 2.50 bits per heavy atom. The summed E-state index contributed by atoms with van der Waals surface area (Å²) in [5.74, 6) is 0.343. The molecule has 170 valence electrons. The Kier molecular flexibility index (Phi) is 7.22. The maximum atomic E-state index is 12.9. The molecule has 0 aliphatic heterocycles. The Balaban J connectivity index is 1.81. The summed E-state index contributed by atoms with van der Waals surface area (Å²) in [5.41, 5.74) is 2.11. The molecule has 3 aromatic rings. The number of nitrogens with one attached hydrogen (secondary N) is 2. The van der Waals surface area contributed by atoms with E-state index >= 15 is 0 Å². The van der Waals surface area contributed by atoms with Gasteiger partial charge in [0.1, 0.15) is 5.75 Å². The van der Waals surface area contributed by atoms with Crippen molar-refractivity contribution in [1.82, 2.24) is 14.3 Å². The molecule has 1 atom stereocenters. The molecule has 2 aromatic carbocycles. The smallest absolute Gasteiger partial charge is 0.302 e. The van der Waals surface area contributed by atoms with E-state index in [1.165, 1.54) is 25.1 Å². The molecular formula is C22H25ClN4O4S. The number of ether oxygens (including phenoxy) is 1. The van der Waals surface area contributed by atoms with Gasteiger partial charge in [0.25, 0.3) is 0 Å². The average Bonchev–Trinajstić information content (AvgIpc) is 3.13. The lowest BCUT2D eigenvalue weighted by Crippen LogP contribution is -2.28. The molecule has 8 nitrogen and oxygen atoms in total. The third kappa shape index (κ3) is 5.48. The van der Waals surface area contributed by atoms with Crippen LogP contribution in [0.5, 0.6) is 11.8 Å². The van der Waals surface area contributed by atoms with Gasteiger partial charge in [-0.15, -0.1) is 0 Å². The van der Waals surface area contributed by atoms with Crippen LogP contribution in [0.4, 0.5) is 5.69 Å². The van der Waals surface area contributed by atoms with Crippen LogP contribution in [0.2, 0.25) is 5.02 Å². The van der Waals surface area contributed by atoms with Gasteiger partial charge in [-0.3, -0.25) is 9.36 Å². The van der Waals surface area contributed by atoms with Gasteiger partial charge in [0, 0.05) is 13.5 Å². The molecule has 0 aliphatic rings. The fourth-order valence-corrected chi connectivity index (χ4v) is 4.68. The zero-order valence-corrected chi connectivity index (χ0v) is 19.8. The first kappa shape index (κ1) is 23.8. The Labute approximate surface area is 192 Å². The summed E-state index contributed by atoms with van der Waals surface area (Å²) in [6.45, 7) is 7.53. The molecule has 0 saturated heterocycles. The Hall–Kier alpha value is -2.88. The average molecular weight is 477 g/mol. The molecule has 0 radical (unpaired) electrons. The zero-order valence-electron chi connectivity index (χ0n) is 18.2. The van der Waals surface area contributed by atoms with E-state index in [0.717, 1.165) is 5.56 Å². The highest BCUT2D eigenvalue weighted by Gasteiger charge is 2.23. The van der Waals surface area contributed by atoms with Gasteiger partial charge in [0.15, 0.2) is 0 Å². The van der Waals surface area contributed by atoms with Crippen LogP contribution in [-0.2, 0) is 21.4 Å². The van der Waals surface area contributed by atoms with E-state index in [9.17, 15) is 13.2 Å². The monoisotopic (exact) mass is 476 g/mol. The molecule has 1 heterocycles. The number of carbonyl (C=O) groups excluding carboxylic acids is 1. The van der Waals surface area contributed by atoms with Crippen LogP contribution < -0.4 is 14.8 Å². The normalized spacial score (nSPS) is 12.4. The van der Waals surface area contributed by atoms with E-state index in [2.05, 4.69) is 15.0 Å². The maximum absolute atomic E-state index is 12.9. The second-order valence-electron chi connectivity index (χ2n) is 7.29. The maximum Gasteiger partial charge on any atom is 0.302 e. The third-order valence-electron chi connectivity index (χ3n) is 4.73. The van der Waals surface area contributed by atoms with Gasteiger partial charge >= 0.3 is 6.01 Å². The summed E-state index contributed by atoms with van der Waals surface area (Å²) in [7, 11) is -3.88. The summed E-state index contributed by atoms with van der Waals surface area (Å²) in [5, 5.41) is 2.68. The van der Waals surface area contributed by atoms with E-state index in [-0.39, 0.29) is 15.8 Å². The van der Waals surface area contributed by atoms with E-state index in [0.29, 0.717) is 29.7 Å². The molecular weight excluding hydrogens is 452 g/mol. The molecule has 0 saturated carbocycles. The first-order chi connectivity index (χ1) is 15.1. The van der Waals surface area contributed by atoms with Crippen LogP contribution in [0.1, 0.15) is 38.1 Å². The summed E-state index contributed by atoms with van der Waals surface area (Å²) in [6.07, 6.45) is 1.59. The number of nitrogens with zero attached hydrogens (tertiary/aromatic N) is 2. The molecule has 1 amide bonds. The summed E-state index contributed by atoms with van der Waals surface area (Å²) >= 11 is 6.13. The van der Waals surface area contributed by atoms with Crippen LogP contribution in [-0.4, -0.2) is 23.9 Å². The van der Waals surface area contributed by atoms with Crippen LogP contribution in [0.15, 0.2) is 53.6 Å². The number of carbonyl (C=O) groups is 1. The number of benzene rings is 2. The number of aryl methyl sites for hydroxylation is 1. The van der Waals surface area contributed by atoms with Crippen molar-refractivity contribution in [2.45, 2.75) is 45.2 Å². The lowest BCUT2D eigenvalue weighted by molar-refractivity contribution is -0.114. The van der Waals surface area contributed by atoms with Crippen LogP contribution >= 0.6 is 11.6 Å². The molecule has 10 heteroatoms. The number of hydrogen-bond acceptors (Lipinski definition) is 5. The zero-order chi connectivity index (χ0) is 23.5. The van der Waals surface area contributed by atoms with Crippen molar-refractivity contribution in [2.75, 3.05) is 5.32 Å². The second-order valence-corrected chi connectivity index (χ2v) is 9.41. The van der Waals surface area contributed by atoms with E-state index in [1.807, 2.05) is 38.1 Å². The minimum absolute atomic E-state index is 0.0119. The molecule has 1 unspecified atom stereocenters. The van der Waals surface area contributed by atoms with Gasteiger partial charge in [-0.2, -0.15) is 0 Å². The molecule has 1 aromatic heterocycles. The fourth-order valence-electron chi connectivity index (χ4n) is 3.14. The number of sulfonamides is 1. The SMILES string of the molecule is CCn1c(C(C)NS(=O)(=O)c2ccc(NC(C)=O)c(Cl)c2)cnc1Oc1ccc(C)cc1. The number of halogens is 1. The summed E-state index contributed by atoms with van der Waals surface area (Å²) in [6, 6.07) is 11.5. The van der Waals surface area contributed by atoms with Gasteiger partial charge in [-0.25, -0.2) is 18.1 Å². The van der Waals surface area contributed by atoms with E-state index in [4.69, 9.17) is 16.3 Å². The van der Waals surface area contributed by atoms with Crippen molar-refractivity contribution in [2.24, 2.45) is 0 Å². The van der Waals surface area contributed by atoms with Crippen LogP contribution in [0.3, 0.4) is 0 Å². The van der Waals surface area contributed by atoms with Crippen molar-refractivity contribution in [3.8, 4) is 11.8 Å². The van der Waals surface area contributed by atoms with Gasteiger partial charge in [0.05, 0.1) is 33.5 Å². The minimum atomic E-state index is -3.88. The van der Waals surface area contributed by atoms with Gasteiger partial charge < -0.3 is 10.1 Å². The first-order valence-electron chi connectivity index (χ1n) is 10.00. The Morgan fingerprint density at radius 2 is 1.91 bits per heavy atom. The predicted molar refractivity (Wildman–Crippen MR) is 124 cm³/mol. The van der Waals surface area contributed by atoms with Crippen molar-refractivity contribution in [3.63, 3.8) is 0 Å². The van der Waals surface area contributed by atoms with Crippen molar-refractivity contribution in [3.05, 3.63) is 64.9 Å². The molecule has 3 rings (SSSR count). The summed E-state index contributed by atoms with van der Waals surface area (Å²) in [4.78, 5) is 15.5. The largest absolute Gasteiger partial charge is 0.426 e. The Bertz CT molecular complexity index is 1220. The predicted octanol–water partition coefficient (Wildman–Crippen LogP) is 4.66. The van der Waals surface area contributed by atoms with Crippen molar-refractivity contribution >= 4 is 33.2 Å². The number of aromatic nitrogens is 2. The standard InChI is InChI=1S/C22H25ClN4O4S/c1-5-27-21(13-24-22(27)31-17-8-6-14(2)7-9-17)15(3)26-32(29,30)18-10-11-20(19(23)12-18)25-16(4)28/h6-13,15,26H,5H2,1-4H3,(H,25,28). The van der Waals surface area contributed by atoms with Gasteiger partial charge in [0.2, 0.25) is 15.9 Å². The van der Waals surface area contributed by atoms with Gasteiger partial charge in [-0.05, 0) is 51.1 Å². The third-order valence-corrected chi connectivity index (χ3v) is 6.58. The fraction of sp³-hybridized carbons (Fsp3) is 0.273.